The molecule has 5 heteroatoms. The Morgan fingerprint density at radius 1 is 1.50 bits per heavy atom. The first-order chi connectivity index (χ1) is 8.11. The number of carbonyl (C=O) groups is 1. The van der Waals surface area contributed by atoms with Gasteiger partial charge in [0.25, 0.3) is 0 Å². The Balaban J connectivity index is 0.00000289. The van der Waals surface area contributed by atoms with Crippen LogP contribution in [0.4, 0.5) is 0 Å². The first-order valence-electron chi connectivity index (χ1n) is 6.14. The van der Waals surface area contributed by atoms with Gasteiger partial charge in [-0.05, 0) is 44.4 Å². The zero-order valence-corrected chi connectivity index (χ0v) is 12.7. The third kappa shape index (κ3) is 6.99. The Hall–Kier alpha value is -0.580. The molecule has 18 heavy (non-hydrogen) atoms. The van der Waals surface area contributed by atoms with Crippen LogP contribution in [-0.2, 0) is 11.2 Å². The third-order valence-electron chi connectivity index (χ3n) is 2.67. The summed E-state index contributed by atoms with van der Waals surface area (Å²) >= 11 is 1.81. The van der Waals surface area contributed by atoms with Crippen molar-refractivity contribution in [2.45, 2.75) is 33.1 Å². The minimum Gasteiger partial charge on any atom is -0.356 e. The molecule has 0 bridgehead atoms. The van der Waals surface area contributed by atoms with Crippen molar-refractivity contribution < 1.29 is 4.79 Å². The Morgan fingerprint density at radius 2 is 2.22 bits per heavy atom. The molecule has 104 valence electrons. The standard InChI is InChI=1S/C13H22N2OS.ClH/c1-10(8-14)9-15-13(16)5-3-4-12-7-6-11(2)17-12;/h6-7,10H,3-5,8-9,14H2,1-2H3,(H,15,16);1H. The Labute approximate surface area is 120 Å². The highest BCUT2D eigenvalue weighted by molar-refractivity contribution is 7.11. The van der Waals surface area contributed by atoms with Crippen molar-refractivity contribution in [1.29, 1.82) is 0 Å². The van der Waals surface area contributed by atoms with Crippen LogP contribution in [0.3, 0.4) is 0 Å². The van der Waals surface area contributed by atoms with E-state index >= 15 is 0 Å². The van der Waals surface area contributed by atoms with Gasteiger partial charge in [0.2, 0.25) is 5.91 Å². The molecule has 1 aromatic rings. The Morgan fingerprint density at radius 3 is 2.78 bits per heavy atom. The average Bonchev–Trinajstić information content (AvgIpc) is 2.72. The predicted octanol–water partition coefficient (Wildman–Crippen LogP) is 2.51. The normalized spacial score (nSPS) is 11.7. The zero-order valence-electron chi connectivity index (χ0n) is 11.1. The maximum Gasteiger partial charge on any atom is 0.220 e. The maximum atomic E-state index is 11.5. The highest BCUT2D eigenvalue weighted by Crippen LogP contribution is 2.17. The Kier molecular flexibility index (Phi) is 9.06. The van der Waals surface area contributed by atoms with E-state index in [1.54, 1.807) is 0 Å². The number of aryl methyl sites for hydroxylation is 2. The number of hydrogen-bond acceptors (Lipinski definition) is 3. The highest BCUT2D eigenvalue weighted by Gasteiger charge is 2.04. The highest BCUT2D eigenvalue weighted by atomic mass is 35.5. The summed E-state index contributed by atoms with van der Waals surface area (Å²) in [6.45, 7) is 5.45. The molecule has 0 saturated heterocycles. The number of thiophene rings is 1. The average molecular weight is 291 g/mol. The third-order valence-corrected chi connectivity index (χ3v) is 3.73. The van der Waals surface area contributed by atoms with Crippen molar-refractivity contribution in [3.8, 4) is 0 Å². The summed E-state index contributed by atoms with van der Waals surface area (Å²) in [7, 11) is 0. The van der Waals surface area contributed by atoms with Crippen LogP contribution >= 0.6 is 23.7 Å². The molecule has 1 unspecified atom stereocenters. The number of rotatable bonds is 7. The molecule has 1 atom stereocenters. The number of amides is 1. The second-order valence-electron chi connectivity index (χ2n) is 4.51. The number of nitrogens with one attached hydrogen (secondary N) is 1. The van der Waals surface area contributed by atoms with Crippen LogP contribution in [0.5, 0.6) is 0 Å². The monoisotopic (exact) mass is 290 g/mol. The minimum absolute atomic E-state index is 0. The molecular formula is C13H23ClN2OS. The molecule has 0 aliphatic carbocycles. The van der Waals surface area contributed by atoms with E-state index in [4.69, 9.17) is 5.73 Å². The van der Waals surface area contributed by atoms with Crippen molar-refractivity contribution in [1.82, 2.24) is 5.32 Å². The maximum absolute atomic E-state index is 11.5. The van der Waals surface area contributed by atoms with Crippen LogP contribution < -0.4 is 11.1 Å². The fourth-order valence-corrected chi connectivity index (χ4v) is 2.43. The molecule has 0 spiro atoms. The Bertz CT molecular complexity index is 355. The van der Waals surface area contributed by atoms with Crippen LogP contribution in [0.15, 0.2) is 12.1 Å². The van der Waals surface area contributed by atoms with Crippen molar-refractivity contribution in [3.05, 3.63) is 21.9 Å². The molecular weight excluding hydrogens is 268 g/mol. The minimum atomic E-state index is 0. The summed E-state index contributed by atoms with van der Waals surface area (Å²) in [4.78, 5) is 14.2. The molecule has 0 aliphatic rings. The van der Waals surface area contributed by atoms with E-state index in [0.717, 1.165) is 12.8 Å². The lowest BCUT2D eigenvalue weighted by atomic mass is 10.1. The van der Waals surface area contributed by atoms with Gasteiger partial charge in [0, 0.05) is 22.7 Å². The summed E-state index contributed by atoms with van der Waals surface area (Å²) in [6.07, 6.45) is 2.52. The lowest BCUT2D eigenvalue weighted by Crippen LogP contribution is -2.31. The van der Waals surface area contributed by atoms with Gasteiger partial charge >= 0.3 is 0 Å². The van der Waals surface area contributed by atoms with Gasteiger partial charge in [0.1, 0.15) is 0 Å². The van der Waals surface area contributed by atoms with Crippen LogP contribution in [0.1, 0.15) is 29.5 Å². The molecule has 0 aliphatic heterocycles. The molecule has 1 amide bonds. The molecule has 3 N–H and O–H groups in total. The molecule has 0 saturated carbocycles. The lowest BCUT2D eigenvalue weighted by Gasteiger charge is -2.09. The smallest absolute Gasteiger partial charge is 0.220 e. The first-order valence-corrected chi connectivity index (χ1v) is 6.95. The number of hydrogen-bond donors (Lipinski definition) is 2. The van der Waals surface area contributed by atoms with Gasteiger partial charge in [0.15, 0.2) is 0 Å². The van der Waals surface area contributed by atoms with Crippen LogP contribution in [0, 0.1) is 12.8 Å². The molecule has 0 radical (unpaired) electrons. The van der Waals surface area contributed by atoms with E-state index in [1.165, 1.54) is 9.75 Å². The van der Waals surface area contributed by atoms with Crippen molar-refractivity contribution >= 4 is 29.7 Å². The lowest BCUT2D eigenvalue weighted by molar-refractivity contribution is -0.121. The summed E-state index contributed by atoms with van der Waals surface area (Å²) in [5.41, 5.74) is 5.49. The van der Waals surface area contributed by atoms with Gasteiger partial charge in [-0.3, -0.25) is 4.79 Å². The van der Waals surface area contributed by atoms with E-state index in [9.17, 15) is 4.79 Å². The first kappa shape index (κ1) is 17.4. The van der Waals surface area contributed by atoms with Gasteiger partial charge in [-0.25, -0.2) is 0 Å². The van der Waals surface area contributed by atoms with E-state index < -0.39 is 0 Å². The molecule has 0 fully saturated rings. The van der Waals surface area contributed by atoms with Gasteiger partial charge in [-0.2, -0.15) is 0 Å². The van der Waals surface area contributed by atoms with Crippen LogP contribution in [-0.4, -0.2) is 19.0 Å². The molecule has 1 aromatic heterocycles. The van der Waals surface area contributed by atoms with E-state index in [-0.39, 0.29) is 18.3 Å². The number of halogens is 1. The fourth-order valence-electron chi connectivity index (χ4n) is 1.50. The number of carbonyl (C=O) groups excluding carboxylic acids is 1. The molecule has 0 aromatic carbocycles. The fraction of sp³-hybridized carbons (Fsp3) is 0.615. The molecule has 3 nitrogen and oxygen atoms in total. The largest absolute Gasteiger partial charge is 0.356 e. The van der Waals surface area contributed by atoms with Gasteiger partial charge in [-0.1, -0.05) is 6.92 Å². The van der Waals surface area contributed by atoms with Gasteiger partial charge in [0.05, 0.1) is 0 Å². The summed E-state index contributed by atoms with van der Waals surface area (Å²) in [6, 6.07) is 4.28. The van der Waals surface area contributed by atoms with E-state index in [2.05, 4.69) is 24.4 Å². The second kappa shape index (κ2) is 9.36. The van der Waals surface area contributed by atoms with E-state index in [1.807, 2.05) is 18.3 Å². The SMILES string of the molecule is Cc1ccc(CCCC(=O)NCC(C)CN)s1.Cl. The number of nitrogens with two attached hydrogens (primary N) is 1. The summed E-state index contributed by atoms with van der Waals surface area (Å²) < 4.78 is 0. The van der Waals surface area contributed by atoms with Gasteiger partial charge < -0.3 is 11.1 Å². The summed E-state index contributed by atoms with van der Waals surface area (Å²) in [5, 5.41) is 2.91. The van der Waals surface area contributed by atoms with Crippen LogP contribution in [0.2, 0.25) is 0 Å². The molecule has 1 heterocycles. The topological polar surface area (TPSA) is 55.1 Å². The zero-order chi connectivity index (χ0) is 12.7. The van der Waals surface area contributed by atoms with Crippen LogP contribution in [0.25, 0.3) is 0 Å². The second-order valence-corrected chi connectivity index (χ2v) is 5.88. The summed E-state index contributed by atoms with van der Waals surface area (Å²) in [5.74, 6) is 0.498. The van der Waals surface area contributed by atoms with Crippen molar-refractivity contribution in [2.75, 3.05) is 13.1 Å². The molecule has 1 rings (SSSR count). The van der Waals surface area contributed by atoms with Crippen molar-refractivity contribution in [2.24, 2.45) is 11.7 Å². The van der Waals surface area contributed by atoms with E-state index in [0.29, 0.717) is 25.4 Å². The quantitative estimate of drug-likeness (QED) is 0.811. The van der Waals surface area contributed by atoms with Crippen molar-refractivity contribution in [3.63, 3.8) is 0 Å². The predicted molar refractivity (Wildman–Crippen MR) is 80.5 cm³/mol. The van der Waals surface area contributed by atoms with Gasteiger partial charge in [-0.15, -0.1) is 23.7 Å².